The van der Waals surface area contributed by atoms with Crippen LogP contribution in [0.2, 0.25) is 0 Å². The van der Waals surface area contributed by atoms with Crippen LogP contribution in [0.4, 0.5) is 0 Å². The molecule has 1 unspecified atom stereocenters. The molecule has 2 rings (SSSR count). The highest BCUT2D eigenvalue weighted by Crippen LogP contribution is 2.24. The van der Waals surface area contributed by atoms with E-state index < -0.39 is 11.0 Å². The highest BCUT2D eigenvalue weighted by molar-refractivity contribution is 7.81. The molecule has 0 amide bonds. The van der Waals surface area contributed by atoms with Crippen LogP contribution in [-0.2, 0) is 11.0 Å². The van der Waals surface area contributed by atoms with Gasteiger partial charge in [-0.1, -0.05) is 44.2 Å². The van der Waals surface area contributed by atoms with Crippen molar-refractivity contribution in [1.29, 1.82) is 0 Å². The first-order chi connectivity index (χ1) is 8.58. The van der Waals surface area contributed by atoms with Crippen LogP contribution in [-0.4, -0.2) is 27.9 Å². The number of hydrogen-bond donors (Lipinski definition) is 0. The van der Waals surface area contributed by atoms with Crippen LogP contribution >= 0.6 is 0 Å². The summed E-state index contributed by atoms with van der Waals surface area (Å²) in [4.78, 5) is 0. The molecular formula is C15H21NOS. The Morgan fingerprint density at radius 2 is 1.89 bits per heavy atom. The topological polar surface area (TPSA) is 20.3 Å². The van der Waals surface area contributed by atoms with Gasteiger partial charge in [-0.05, 0) is 29.0 Å². The third-order valence-corrected chi connectivity index (χ3v) is 4.54. The zero-order chi connectivity index (χ0) is 13.1. The molecular weight excluding hydrogens is 242 g/mol. The molecule has 0 saturated carbocycles. The maximum absolute atomic E-state index is 11.4. The SMILES string of the molecule is CC(C)c1ccc(C2=CCN(S(C)=O)CC2)cc1. The van der Waals surface area contributed by atoms with Gasteiger partial charge in [0.1, 0.15) is 0 Å². The molecule has 1 aromatic rings. The van der Waals surface area contributed by atoms with Crippen LogP contribution in [0.5, 0.6) is 0 Å². The summed E-state index contributed by atoms with van der Waals surface area (Å²) >= 11 is 0. The zero-order valence-corrected chi connectivity index (χ0v) is 12.2. The van der Waals surface area contributed by atoms with E-state index in [1.165, 1.54) is 16.7 Å². The standard InChI is InChI=1S/C15H21NOS/c1-12(2)13-4-6-14(7-5-13)15-8-10-16(11-9-15)18(3)17/h4-8,12H,9-11H2,1-3H3. The maximum atomic E-state index is 11.4. The van der Waals surface area contributed by atoms with Crippen molar-refractivity contribution in [3.05, 3.63) is 41.5 Å². The van der Waals surface area contributed by atoms with Gasteiger partial charge in [-0.15, -0.1) is 0 Å². The summed E-state index contributed by atoms with van der Waals surface area (Å²) in [5.74, 6) is 0.581. The normalized spacial score (nSPS) is 18.8. The van der Waals surface area contributed by atoms with E-state index in [-0.39, 0.29) is 0 Å². The van der Waals surface area contributed by atoms with E-state index in [4.69, 9.17) is 0 Å². The van der Waals surface area contributed by atoms with Crippen LogP contribution in [0.15, 0.2) is 30.3 Å². The number of hydrogen-bond acceptors (Lipinski definition) is 1. The minimum Gasteiger partial charge on any atom is -0.243 e. The maximum Gasteiger partial charge on any atom is 0.0913 e. The Hall–Kier alpha value is -0.930. The lowest BCUT2D eigenvalue weighted by Gasteiger charge is -2.23. The van der Waals surface area contributed by atoms with E-state index in [0.29, 0.717) is 5.92 Å². The monoisotopic (exact) mass is 263 g/mol. The fourth-order valence-electron chi connectivity index (χ4n) is 2.23. The average molecular weight is 263 g/mol. The molecule has 0 radical (unpaired) electrons. The van der Waals surface area contributed by atoms with Crippen LogP contribution in [0.3, 0.4) is 0 Å². The molecule has 0 spiro atoms. The van der Waals surface area contributed by atoms with E-state index in [0.717, 1.165) is 19.5 Å². The summed E-state index contributed by atoms with van der Waals surface area (Å²) in [7, 11) is -0.844. The molecule has 3 heteroatoms. The predicted molar refractivity (Wildman–Crippen MR) is 78.8 cm³/mol. The third kappa shape index (κ3) is 3.09. The molecule has 1 aromatic carbocycles. The smallest absolute Gasteiger partial charge is 0.0913 e. The fraction of sp³-hybridized carbons (Fsp3) is 0.467. The highest BCUT2D eigenvalue weighted by Gasteiger charge is 2.15. The number of benzene rings is 1. The molecule has 1 aliphatic heterocycles. The predicted octanol–water partition coefficient (Wildman–Crippen LogP) is 3.19. The molecule has 0 fully saturated rings. The summed E-state index contributed by atoms with van der Waals surface area (Å²) in [5.41, 5.74) is 4.07. The minimum absolute atomic E-state index is 0.581. The van der Waals surface area contributed by atoms with E-state index >= 15 is 0 Å². The van der Waals surface area contributed by atoms with Gasteiger partial charge in [0, 0.05) is 19.3 Å². The second-order valence-corrected chi connectivity index (χ2v) is 6.43. The van der Waals surface area contributed by atoms with Gasteiger partial charge in [0.25, 0.3) is 0 Å². The first kappa shape index (κ1) is 13.5. The molecule has 2 nitrogen and oxygen atoms in total. The third-order valence-electron chi connectivity index (χ3n) is 3.48. The van der Waals surface area contributed by atoms with Crippen LogP contribution in [0, 0.1) is 0 Å². The molecule has 0 aliphatic carbocycles. The summed E-state index contributed by atoms with van der Waals surface area (Å²) < 4.78 is 13.4. The van der Waals surface area contributed by atoms with Crippen LogP contribution in [0.1, 0.15) is 37.3 Å². The molecule has 1 aliphatic rings. The lowest BCUT2D eigenvalue weighted by atomic mass is 9.96. The van der Waals surface area contributed by atoms with Crippen molar-refractivity contribution < 1.29 is 4.21 Å². The first-order valence-electron chi connectivity index (χ1n) is 6.46. The summed E-state index contributed by atoms with van der Waals surface area (Å²) in [6.45, 7) is 6.11. The Balaban J connectivity index is 2.11. The lowest BCUT2D eigenvalue weighted by Crippen LogP contribution is -2.29. The number of rotatable bonds is 3. The van der Waals surface area contributed by atoms with E-state index in [9.17, 15) is 4.21 Å². The van der Waals surface area contributed by atoms with E-state index in [1.807, 2.05) is 4.31 Å². The van der Waals surface area contributed by atoms with Gasteiger partial charge in [0.05, 0.1) is 11.0 Å². The summed E-state index contributed by atoms with van der Waals surface area (Å²) in [6.07, 6.45) is 4.94. The van der Waals surface area contributed by atoms with Gasteiger partial charge in [0.2, 0.25) is 0 Å². The van der Waals surface area contributed by atoms with Crippen molar-refractivity contribution in [1.82, 2.24) is 4.31 Å². The highest BCUT2D eigenvalue weighted by atomic mass is 32.2. The molecule has 1 atom stereocenters. The molecule has 0 N–H and O–H groups in total. The summed E-state index contributed by atoms with van der Waals surface area (Å²) in [6, 6.07) is 8.84. The molecule has 1 heterocycles. The van der Waals surface area contributed by atoms with Gasteiger partial charge in [0.15, 0.2) is 0 Å². The van der Waals surface area contributed by atoms with E-state index in [2.05, 4.69) is 44.2 Å². The second-order valence-electron chi connectivity index (χ2n) is 5.07. The van der Waals surface area contributed by atoms with Crippen molar-refractivity contribution in [2.75, 3.05) is 19.3 Å². The Kier molecular flexibility index (Phi) is 4.36. The fourth-order valence-corrected chi connectivity index (χ4v) is 2.86. The molecule has 18 heavy (non-hydrogen) atoms. The van der Waals surface area contributed by atoms with Gasteiger partial charge in [-0.2, -0.15) is 0 Å². The van der Waals surface area contributed by atoms with Crippen molar-refractivity contribution in [3.63, 3.8) is 0 Å². The minimum atomic E-state index is -0.844. The van der Waals surface area contributed by atoms with Crippen LogP contribution in [0.25, 0.3) is 5.57 Å². The van der Waals surface area contributed by atoms with Gasteiger partial charge in [-0.25, -0.2) is 8.51 Å². The Bertz CT molecular complexity index is 462. The largest absolute Gasteiger partial charge is 0.243 e. The Morgan fingerprint density at radius 1 is 1.22 bits per heavy atom. The second kappa shape index (κ2) is 5.81. The van der Waals surface area contributed by atoms with Crippen molar-refractivity contribution >= 4 is 16.6 Å². The van der Waals surface area contributed by atoms with Gasteiger partial charge >= 0.3 is 0 Å². The Morgan fingerprint density at radius 3 is 2.33 bits per heavy atom. The summed E-state index contributed by atoms with van der Waals surface area (Å²) in [5, 5.41) is 0. The first-order valence-corrected chi connectivity index (χ1v) is 7.97. The molecule has 98 valence electrons. The lowest BCUT2D eigenvalue weighted by molar-refractivity contribution is 0.486. The van der Waals surface area contributed by atoms with Gasteiger partial charge < -0.3 is 0 Å². The van der Waals surface area contributed by atoms with Crippen molar-refractivity contribution in [2.45, 2.75) is 26.2 Å². The molecule has 0 saturated heterocycles. The molecule has 0 aromatic heterocycles. The van der Waals surface area contributed by atoms with Crippen molar-refractivity contribution in [3.8, 4) is 0 Å². The van der Waals surface area contributed by atoms with Crippen LogP contribution < -0.4 is 0 Å². The zero-order valence-electron chi connectivity index (χ0n) is 11.3. The average Bonchev–Trinajstić information content (AvgIpc) is 2.39. The Labute approximate surface area is 112 Å². The molecule has 0 bridgehead atoms. The van der Waals surface area contributed by atoms with E-state index in [1.54, 1.807) is 6.26 Å². The van der Waals surface area contributed by atoms with Gasteiger partial charge in [-0.3, -0.25) is 0 Å². The quantitative estimate of drug-likeness (QED) is 0.820. The van der Waals surface area contributed by atoms with Crippen molar-refractivity contribution in [2.24, 2.45) is 0 Å². The number of nitrogens with zero attached hydrogens (tertiary/aromatic N) is 1.